The quantitative estimate of drug-likeness (QED) is 0.156. The van der Waals surface area contributed by atoms with Gasteiger partial charge in [-0.05, 0) is 92.9 Å². The minimum absolute atomic E-state index is 0.00590. The molecule has 3 aliphatic rings. The lowest BCUT2D eigenvalue weighted by molar-refractivity contribution is 0.590. The van der Waals surface area contributed by atoms with Gasteiger partial charge in [0.2, 0.25) is 0 Å². The predicted molar refractivity (Wildman–Crippen MR) is 239 cm³/mol. The second-order valence-corrected chi connectivity index (χ2v) is 18.9. The van der Waals surface area contributed by atoms with Crippen LogP contribution in [0, 0.1) is 0 Å². The summed E-state index contributed by atoms with van der Waals surface area (Å²) in [6.07, 6.45) is 0. The average molecular weight is 726 g/mol. The Morgan fingerprint density at radius 2 is 1.13 bits per heavy atom. The van der Waals surface area contributed by atoms with E-state index in [-0.39, 0.29) is 17.5 Å². The monoisotopic (exact) mass is 725 g/mol. The van der Waals surface area contributed by atoms with Crippen LogP contribution in [0.4, 0.5) is 34.1 Å². The fourth-order valence-corrected chi connectivity index (χ4v) is 11.1. The second kappa shape index (κ2) is 10.5. The van der Waals surface area contributed by atoms with Gasteiger partial charge in [-0.2, -0.15) is 0 Å². The van der Waals surface area contributed by atoms with Gasteiger partial charge in [-0.15, -0.1) is 11.3 Å². The van der Waals surface area contributed by atoms with Crippen LogP contribution in [0.1, 0.15) is 52.7 Å². The molecule has 5 heteroatoms. The Morgan fingerprint density at radius 1 is 0.473 bits per heavy atom. The van der Waals surface area contributed by atoms with Crippen LogP contribution >= 0.6 is 11.3 Å². The van der Waals surface area contributed by atoms with Crippen molar-refractivity contribution in [2.24, 2.45) is 0 Å². The molecule has 0 spiro atoms. The number of nitrogens with zero attached hydrogens (tertiary/aromatic N) is 3. The number of para-hydroxylation sites is 3. The van der Waals surface area contributed by atoms with Crippen molar-refractivity contribution in [3.8, 4) is 5.69 Å². The molecule has 55 heavy (non-hydrogen) atoms. The third-order valence-corrected chi connectivity index (χ3v) is 13.7. The van der Waals surface area contributed by atoms with Gasteiger partial charge in [-0.25, -0.2) is 0 Å². The first-order valence-electron chi connectivity index (χ1n) is 19.6. The van der Waals surface area contributed by atoms with E-state index in [1.807, 2.05) is 11.3 Å². The molecule has 0 fully saturated rings. The van der Waals surface area contributed by atoms with Crippen LogP contribution in [0.15, 0.2) is 133 Å². The lowest BCUT2D eigenvalue weighted by Gasteiger charge is -2.47. The highest BCUT2D eigenvalue weighted by Crippen LogP contribution is 2.54. The Labute approximate surface area is 326 Å². The van der Waals surface area contributed by atoms with Gasteiger partial charge in [0.25, 0.3) is 6.71 Å². The van der Waals surface area contributed by atoms with Crippen molar-refractivity contribution in [1.29, 1.82) is 0 Å². The molecule has 0 saturated carbocycles. The first-order chi connectivity index (χ1) is 26.6. The van der Waals surface area contributed by atoms with Gasteiger partial charge in [-0.1, -0.05) is 120 Å². The Kier molecular flexibility index (Phi) is 6.02. The maximum atomic E-state index is 2.63. The van der Waals surface area contributed by atoms with Crippen LogP contribution in [-0.4, -0.2) is 11.3 Å². The number of anilines is 6. The molecule has 0 aliphatic carbocycles. The summed E-state index contributed by atoms with van der Waals surface area (Å²) in [5, 5.41) is 5.24. The molecule has 5 heterocycles. The minimum atomic E-state index is -0.0827. The van der Waals surface area contributed by atoms with Crippen molar-refractivity contribution < 1.29 is 0 Å². The normalized spacial score (nSPS) is 14.3. The van der Waals surface area contributed by atoms with Crippen LogP contribution in [0.5, 0.6) is 0 Å². The van der Waals surface area contributed by atoms with Gasteiger partial charge in [0.1, 0.15) is 0 Å². The molecule has 0 atom stereocenters. The minimum Gasteiger partial charge on any atom is -0.311 e. The molecule has 0 saturated heterocycles. The van der Waals surface area contributed by atoms with Crippen molar-refractivity contribution in [2.75, 3.05) is 9.80 Å². The molecule has 3 nitrogen and oxygen atoms in total. The summed E-state index contributed by atoms with van der Waals surface area (Å²) in [5.41, 5.74) is 18.1. The summed E-state index contributed by atoms with van der Waals surface area (Å²) in [4.78, 5) is 5.26. The first kappa shape index (κ1) is 31.6. The number of hydrogen-bond acceptors (Lipinski definition) is 3. The highest BCUT2D eigenvalue weighted by Gasteiger charge is 2.47. The van der Waals surface area contributed by atoms with E-state index in [0.29, 0.717) is 0 Å². The maximum absolute atomic E-state index is 2.63. The molecule has 9 aromatic rings. The van der Waals surface area contributed by atoms with Gasteiger partial charge in [0.05, 0.1) is 33.8 Å². The lowest BCUT2D eigenvalue weighted by Crippen LogP contribution is -2.62. The van der Waals surface area contributed by atoms with E-state index < -0.39 is 0 Å². The van der Waals surface area contributed by atoms with Crippen LogP contribution in [0.2, 0.25) is 0 Å². The van der Waals surface area contributed by atoms with Crippen molar-refractivity contribution in [3.05, 3.63) is 145 Å². The SMILES string of the molecule is CC(C)(C)c1ccc2c(c1)B1c3cccc4c3N(c3cc(C(C)(C)C)cc(c31)N2c1cccc2sc3ccccc3c12)c1cccc2c3ccccc3n-4c12. The van der Waals surface area contributed by atoms with E-state index >= 15 is 0 Å². The van der Waals surface area contributed by atoms with E-state index in [2.05, 4.69) is 189 Å². The zero-order valence-electron chi connectivity index (χ0n) is 32.0. The third kappa shape index (κ3) is 4.06. The molecule has 0 unspecified atom stereocenters. The summed E-state index contributed by atoms with van der Waals surface area (Å²) in [6, 6.07) is 51.1. The molecule has 0 radical (unpaired) electrons. The largest absolute Gasteiger partial charge is 0.311 e. The summed E-state index contributed by atoms with van der Waals surface area (Å²) >= 11 is 1.89. The molecule has 3 aliphatic heterocycles. The van der Waals surface area contributed by atoms with Crippen LogP contribution in [-0.2, 0) is 10.8 Å². The number of thiophene rings is 1. The maximum Gasteiger partial charge on any atom is 0.252 e. The van der Waals surface area contributed by atoms with E-state index in [1.54, 1.807) is 0 Å². The number of rotatable bonds is 1. The van der Waals surface area contributed by atoms with E-state index in [9.17, 15) is 0 Å². The number of benzene rings is 7. The van der Waals surface area contributed by atoms with Crippen molar-refractivity contribution in [3.63, 3.8) is 0 Å². The van der Waals surface area contributed by atoms with Crippen LogP contribution in [0.3, 0.4) is 0 Å². The standard InChI is InChI=1S/C50H40BN3S/c1-49(2,3)29-24-25-37-35(26-29)51-34-17-12-21-40-48(34)54(39-20-11-16-32-31-14-7-9-18-36(31)53(40)47(32)39)42-28-30(50(4,5)6)27-41(46(42)51)52(37)38-19-13-23-44-45(38)33-15-8-10-22-43(33)55-44/h7-28H,1-6H3. The Morgan fingerprint density at radius 3 is 1.95 bits per heavy atom. The molecule has 0 bridgehead atoms. The fourth-order valence-electron chi connectivity index (χ4n) is 10.00. The molecule has 0 N–H and O–H groups in total. The van der Waals surface area contributed by atoms with Gasteiger partial charge in [0, 0.05) is 48.0 Å². The Bertz CT molecular complexity index is 3150. The zero-order chi connectivity index (χ0) is 37.1. The molecule has 12 rings (SSSR count). The van der Waals surface area contributed by atoms with Crippen molar-refractivity contribution >= 4 is 111 Å². The highest BCUT2D eigenvalue weighted by molar-refractivity contribution is 7.26. The summed E-state index contributed by atoms with van der Waals surface area (Å²) < 4.78 is 5.19. The summed E-state index contributed by atoms with van der Waals surface area (Å²) in [7, 11) is 0. The Balaban J connectivity index is 1.27. The summed E-state index contributed by atoms with van der Waals surface area (Å²) in [6.45, 7) is 14.2. The van der Waals surface area contributed by atoms with Gasteiger partial charge >= 0.3 is 0 Å². The first-order valence-corrected chi connectivity index (χ1v) is 20.4. The number of fused-ring (bicyclic) bond motifs is 12. The third-order valence-electron chi connectivity index (χ3n) is 12.6. The molecular weight excluding hydrogens is 685 g/mol. The second-order valence-electron chi connectivity index (χ2n) is 17.8. The predicted octanol–water partition coefficient (Wildman–Crippen LogP) is 12.1. The molecule has 264 valence electrons. The molecular formula is C50H40BN3S. The highest BCUT2D eigenvalue weighted by atomic mass is 32.1. The van der Waals surface area contributed by atoms with Gasteiger partial charge < -0.3 is 14.4 Å². The average Bonchev–Trinajstić information content (AvgIpc) is 3.73. The Hall–Kier alpha value is -5.78. The van der Waals surface area contributed by atoms with E-state index in [1.165, 1.54) is 109 Å². The lowest BCUT2D eigenvalue weighted by atomic mass is 9.33. The number of hydrogen-bond donors (Lipinski definition) is 0. The van der Waals surface area contributed by atoms with Crippen molar-refractivity contribution in [1.82, 2.24) is 4.57 Å². The van der Waals surface area contributed by atoms with Gasteiger partial charge in [0.15, 0.2) is 0 Å². The van der Waals surface area contributed by atoms with E-state index in [4.69, 9.17) is 0 Å². The molecule has 2 aromatic heterocycles. The summed E-state index contributed by atoms with van der Waals surface area (Å²) in [5.74, 6) is 0. The van der Waals surface area contributed by atoms with Crippen molar-refractivity contribution in [2.45, 2.75) is 52.4 Å². The number of aromatic nitrogens is 1. The topological polar surface area (TPSA) is 11.4 Å². The van der Waals surface area contributed by atoms with Crippen LogP contribution in [0.25, 0.3) is 47.7 Å². The van der Waals surface area contributed by atoms with Crippen LogP contribution < -0.4 is 26.2 Å². The van der Waals surface area contributed by atoms with Gasteiger partial charge in [-0.3, -0.25) is 0 Å². The zero-order valence-corrected chi connectivity index (χ0v) is 32.8. The van der Waals surface area contributed by atoms with E-state index in [0.717, 1.165) is 0 Å². The fraction of sp³-hybridized carbons (Fsp3) is 0.160. The smallest absolute Gasteiger partial charge is 0.252 e. The molecule has 0 amide bonds. The molecule has 7 aromatic carbocycles.